The highest BCUT2D eigenvalue weighted by Gasteiger charge is 2.17. The maximum atomic E-state index is 13.3. The van der Waals surface area contributed by atoms with Crippen LogP contribution in [0.3, 0.4) is 0 Å². The normalized spacial score (nSPS) is 11.9. The molecule has 1 atom stereocenters. The standard InChI is InChI=1S/C26H27N3O4S/c1-18(8-9-19-6-4-3-5-7-19)27-23(30)17-28-22-14-15-34-24(22)25(31)29(26(28)32)16-20-10-12-21(33-2)13-11-20/h3-7,10-15,18H,8-9,16-17H2,1-2H3,(H,27,30)/t18-/m1/s1. The van der Waals surface area contributed by atoms with Crippen molar-refractivity contribution in [2.24, 2.45) is 0 Å². The average Bonchev–Trinajstić information content (AvgIpc) is 3.34. The van der Waals surface area contributed by atoms with E-state index in [1.165, 1.54) is 26.0 Å². The number of carbonyl (C=O) groups excluding carboxylic acids is 1. The topological polar surface area (TPSA) is 82.3 Å². The van der Waals surface area contributed by atoms with Gasteiger partial charge in [-0.25, -0.2) is 4.79 Å². The third-order valence-corrected chi connectivity index (χ3v) is 6.65. The van der Waals surface area contributed by atoms with E-state index in [4.69, 9.17) is 4.74 Å². The van der Waals surface area contributed by atoms with Gasteiger partial charge >= 0.3 is 5.69 Å². The Balaban J connectivity index is 1.53. The number of aryl methyl sites for hydroxylation is 1. The number of amides is 1. The zero-order valence-corrected chi connectivity index (χ0v) is 20.0. The number of hydrogen-bond acceptors (Lipinski definition) is 5. The van der Waals surface area contributed by atoms with Gasteiger partial charge in [-0.3, -0.25) is 18.7 Å². The number of benzene rings is 2. The van der Waals surface area contributed by atoms with Crippen LogP contribution < -0.4 is 21.3 Å². The van der Waals surface area contributed by atoms with Gasteiger partial charge in [0.1, 0.15) is 17.0 Å². The Labute approximate surface area is 201 Å². The van der Waals surface area contributed by atoms with Crippen molar-refractivity contribution in [3.63, 3.8) is 0 Å². The third kappa shape index (κ3) is 5.28. The van der Waals surface area contributed by atoms with Gasteiger partial charge in [0.05, 0.1) is 19.2 Å². The highest BCUT2D eigenvalue weighted by molar-refractivity contribution is 7.17. The summed E-state index contributed by atoms with van der Waals surface area (Å²) in [6.45, 7) is 1.92. The second kappa shape index (κ2) is 10.5. The lowest BCUT2D eigenvalue weighted by molar-refractivity contribution is -0.122. The summed E-state index contributed by atoms with van der Waals surface area (Å²) in [6, 6.07) is 19.0. The summed E-state index contributed by atoms with van der Waals surface area (Å²) < 4.78 is 8.20. The highest BCUT2D eigenvalue weighted by atomic mass is 32.1. The van der Waals surface area contributed by atoms with Crippen molar-refractivity contribution in [2.75, 3.05) is 7.11 Å². The number of methoxy groups -OCH3 is 1. The minimum absolute atomic E-state index is 0.0495. The molecule has 8 heteroatoms. The molecule has 2 heterocycles. The molecular formula is C26H27N3O4S. The zero-order chi connectivity index (χ0) is 24.1. The van der Waals surface area contributed by atoms with E-state index in [9.17, 15) is 14.4 Å². The number of thiophene rings is 1. The minimum Gasteiger partial charge on any atom is -0.497 e. The SMILES string of the molecule is COc1ccc(Cn2c(=O)c3sccc3n(CC(=O)N[C@H](C)CCc3ccccc3)c2=O)cc1. The molecule has 4 rings (SSSR count). The molecule has 1 N–H and O–H groups in total. The summed E-state index contributed by atoms with van der Waals surface area (Å²) in [5, 5.41) is 4.75. The fourth-order valence-corrected chi connectivity index (χ4v) is 4.75. The molecule has 0 saturated heterocycles. The van der Waals surface area contributed by atoms with Crippen LogP contribution in [0.25, 0.3) is 10.2 Å². The molecule has 1 amide bonds. The molecule has 0 spiro atoms. The first kappa shape index (κ1) is 23.5. The van der Waals surface area contributed by atoms with Crippen molar-refractivity contribution in [1.82, 2.24) is 14.5 Å². The molecule has 34 heavy (non-hydrogen) atoms. The van der Waals surface area contributed by atoms with Gasteiger partial charge in [-0.05, 0) is 54.5 Å². The summed E-state index contributed by atoms with van der Waals surface area (Å²) >= 11 is 1.27. The van der Waals surface area contributed by atoms with Crippen molar-refractivity contribution in [3.05, 3.63) is 98.0 Å². The average molecular weight is 478 g/mol. The monoisotopic (exact) mass is 477 g/mol. The molecule has 0 radical (unpaired) electrons. The van der Waals surface area contributed by atoms with Gasteiger partial charge < -0.3 is 10.1 Å². The van der Waals surface area contributed by atoms with E-state index < -0.39 is 5.69 Å². The van der Waals surface area contributed by atoms with Crippen LogP contribution in [-0.4, -0.2) is 28.2 Å². The number of ether oxygens (including phenoxy) is 1. The molecule has 7 nitrogen and oxygen atoms in total. The molecule has 0 aliphatic heterocycles. The first-order chi connectivity index (χ1) is 16.5. The van der Waals surface area contributed by atoms with E-state index in [-0.39, 0.29) is 30.6 Å². The van der Waals surface area contributed by atoms with Crippen molar-refractivity contribution in [2.45, 2.75) is 38.9 Å². The number of carbonyl (C=O) groups is 1. The molecule has 0 aliphatic carbocycles. The Morgan fingerprint density at radius 3 is 2.44 bits per heavy atom. The maximum Gasteiger partial charge on any atom is 0.332 e. The van der Waals surface area contributed by atoms with Gasteiger partial charge in [0, 0.05) is 6.04 Å². The molecule has 2 aromatic carbocycles. The van der Waals surface area contributed by atoms with Gasteiger partial charge in [0.15, 0.2) is 0 Å². The predicted octanol–water partition coefficient (Wildman–Crippen LogP) is 3.42. The molecule has 0 bridgehead atoms. The largest absolute Gasteiger partial charge is 0.497 e. The number of aromatic nitrogens is 2. The van der Waals surface area contributed by atoms with Crippen LogP contribution in [0.2, 0.25) is 0 Å². The molecule has 0 saturated carbocycles. The lowest BCUT2D eigenvalue weighted by Crippen LogP contribution is -2.43. The van der Waals surface area contributed by atoms with Gasteiger partial charge in [0.25, 0.3) is 5.56 Å². The molecule has 0 aliphatic rings. The van der Waals surface area contributed by atoms with E-state index in [0.29, 0.717) is 16.0 Å². The number of hydrogen-bond donors (Lipinski definition) is 1. The Bertz CT molecular complexity index is 1390. The number of fused-ring (bicyclic) bond motifs is 1. The van der Waals surface area contributed by atoms with Gasteiger partial charge in [-0.2, -0.15) is 0 Å². The summed E-state index contributed by atoms with van der Waals surface area (Å²) in [7, 11) is 1.58. The van der Waals surface area contributed by atoms with Crippen LogP contribution in [-0.2, 0) is 24.3 Å². The number of rotatable bonds is 9. The quantitative estimate of drug-likeness (QED) is 0.401. The van der Waals surface area contributed by atoms with Gasteiger partial charge in [0.2, 0.25) is 5.91 Å². The third-order valence-electron chi connectivity index (χ3n) is 5.75. The van der Waals surface area contributed by atoms with Crippen molar-refractivity contribution < 1.29 is 9.53 Å². The van der Waals surface area contributed by atoms with Crippen LogP contribution in [0, 0.1) is 0 Å². The maximum absolute atomic E-state index is 13.3. The van der Waals surface area contributed by atoms with Crippen LogP contribution >= 0.6 is 11.3 Å². The fraction of sp³-hybridized carbons (Fsp3) is 0.269. The van der Waals surface area contributed by atoms with E-state index >= 15 is 0 Å². The van der Waals surface area contributed by atoms with E-state index in [2.05, 4.69) is 17.4 Å². The zero-order valence-electron chi connectivity index (χ0n) is 19.2. The second-order valence-corrected chi connectivity index (χ2v) is 9.15. The van der Waals surface area contributed by atoms with E-state index in [1.807, 2.05) is 37.3 Å². The molecule has 0 unspecified atom stereocenters. The minimum atomic E-state index is -0.501. The lowest BCUT2D eigenvalue weighted by atomic mass is 10.1. The second-order valence-electron chi connectivity index (χ2n) is 8.24. The summed E-state index contributed by atoms with van der Waals surface area (Å²) in [5.74, 6) is 0.435. The van der Waals surface area contributed by atoms with Crippen LogP contribution in [0.1, 0.15) is 24.5 Å². The summed E-state index contributed by atoms with van der Waals surface area (Å²) in [4.78, 5) is 39.1. The fourth-order valence-electron chi connectivity index (χ4n) is 3.90. The molecule has 0 fully saturated rings. The Morgan fingerprint density at radius 1 is 1.00 bits per heavy atom. The first-order valence-electron chi connectivity index (χ1n) is 11.1. The highest BCUT2D eigenvalue weighted by Crippen LogP contribution is 2.16. The molecular weight excluding hydrogens is 450 g/mol. The van der Waals surface area contributed by atoms with Crippen molar-refractivity contribution in [3.8, 4) is 5.75 Å². The molecule has 2 aromatic heterocycles. The first-order valence-corrected chi connectivity index (χ1v) is 12.0. The number of nitrogens with one attached hydrogen (secondary N) is 1. The van der Waals surface area contributed by atoms with Crippen LogP contribution in [0.5, 0.6) is 5.75 Å². The van der Waals surface area contributed by atoms with Crippen LogP contribution in [0.15, 0.2) is 75.6 Å². The van der Waals surface area contributed by atoms with Gasteiger partial charge in [-0.15, -0.1) is 11.3 Å². The Hall–Kier alpha value is -3.65. The predicted molar refractivity (Wildman–Crippen MR) is 135 cm³/mol. The molecule has 176 valence electrons. The summed E-state index contributed by atoms with van der Waals surface area (Å²) in [6.07, 6.45) is 1.64. The lowest BCUT2D eigenvalue weighted by Gasteiger charge is -2.16. The molecule has 4 aromatic rings. The Kier molecular flexibility index (Phi) is 7.27. The smallest absolute Gasteiger partial charge is 0.332 e. The summed E-state index contributed by atoms with van der Waals surface area (Å²) in [5.41, 5.74) is 1.64. The van der Waals surface area contributed by atoms with Crippen molar-refractivity contribution in [1.29, 1.82) is 0 Å². The van der Waals surface area contributed by atoms with E-state index in [1.54, 1.807) is 30.7 Å². The van der Waals surface area contributed by atoms with Gasteiger partial charge in [-0.1, -0.05) is 42.5 Å². The Morgan fingerprint density at radius 2 is 1.74 bits per heavy atom. The van der Waals surface area contributed by atoms with Crippen LogP contribution in [0.4, 0.5) is 0 Å². The van der Waals surface area contributed by atoms with Crippen molar-refractivity contribution >= 4 is 27.5 Å². The van der Waals surface area contributed by atoms with E-state index in [0.717, 1.165) is 18.4 Å². The number of nitrogens with zero attached hydrogens (tertiary/aromatic N) is 2.